The van der Waals surface area contributed by atoms with Crippen LogP contribution in [0.3, 0.4) is 0 Å². The number of nitrogens with one attached hydrogen (secondary N) is 1. The van der Waals surface area contributed by atoms with Crippen LogP contribution in [0.5, 0.6) is 0 Å². The van der Waals surface area contributed by atoms with Crippen molar-refractivity contribution >= 4 is 33.1 Å². The summed E-state index contributed by atoms with van der Waals surface area (Å²) in [5, 5.41) is 14.3. The molecule has 24 heavy (non-hydrogen) atoms. The zero-order valence-electron chi connectivity index (χ0n) is 13.6. The fraction of sp³-hybridized carbons (Fsp3) is 0.222. The fourth-order valence-electron chi connectivity index (χ4n) is 2.48. The van der Waals surface area contributed by atoms with E-state index in [1.807, 2.05) is 44.4 Å². The monoisotopic (exact) mass is 341 g/mol. The lowest BCUT2D eigenvalue weighted by atomic mass is 10.2. The Labute approximate surface area is 144 Å². The molecule has 0 radical (unpaired) electrons. The van der Waals surface area contributed by atoms with Crippen molar-refractivity contribution in [3.63, 3.8) is 0 Å². The van der Waals surface area contributed by atoms with E-state index < -0.39 is 6.10 Å². The molecule has 0 bridgehead atoms. The average molecular weight is 341 g/mol. The van der Waals surface area contributed by atoms with E-state index in [1.54, 1.807) is 23.2 Å². The van der Waals surface area contributed by atoms with Crippen LogP contribution in [0.15, 0.2) is 48.7 Å². The summed E-state index contributed by atoms with van der Waals surface area (Å²) in [6.45, 7) is 0.160. The lowest BCUT2D eigenvalue weighted by Crippen LogP contribution is -2.29. The number of nitrogens with zero attached hydrogens (tertiary/aromatic N) is 2. The minimum atomic E-state index is -0.731. The largest absolute Gasteiger partial charge is 0.386 e. The van der Waals surface area contributed by atoms with Gasteiger partial charge in [0.15, 0.2) is 0 Å². The Balaban J connectivity index is 1.70. The normalized spacial score (nSPS) is 12.1. The molecular formula is C18H19N3O2S. The molecule has 0 aliphatic heterocycles. The molecule has 0 aliphatic carbocycles. The first-order valence-electron chi connectivity index (χ1n) is 7.63. The van der Waals surface area contributed by atoms with E-state index in [2.05, 4.69) is 10.3 Å². The number of pyridine rings is 1. The molecule has 124 valence electrons. The average Bonchev–Trinajstić information content (AvgIpc) is 3.03. The van der Waals surface area contributed by atoms with Gasteiger partial charge in [-0.15, -0.1) is 11.3 Å². The second kappa shape index (κ2) is 6.98. The van der Waals surface area contributed by atoms with Crippen LogP contribution in [0.4, 0.5) is 5.82 Å². The molecule has 2 heterocycles. The second-order valence-corrected chi connectivity index (χ2v) is 6.80. The maximum Gasteiger partial charge on any atom is 0.255 e. The fourth-order valence-corrected chi connectivity index (χ4v) is 3.53. The highest BCUT2D eigenvalue weighted by molar-refractivity contribution is 7.19. The summed E-state index contributed by atoms with van der Waals surface area (Å²) in [5.41, 5.74) is 0.492. The second-order valence-electron chi connectivity index (χ2n) is 5.68. The lowest BCUT2D eigenvalue weighted by molar-refractivity contribution is 0.0918. The maximum atomic E-state index is 12.4. The maximum absolute atomic E-state index is 12.4. The van der Waals surface area contributed by atoms with Gasteiger partial charge in [-0.05, 0) is 29.7 Å². The third-order valence-electron chi connectivity index (χ3n) is 3.68. The van der Waals surface area contributed by atoms with Crippen molar-refractivity contribution in [1.82, 2.24) is 10.3 Å². The van der Waals surface area contributed by atoms with Crippen molar-refractivity contribution in [2.45, 2.75) is 6.10 Å². The molecule has 3 aromatic rings. The molecule has 1 amide bonds. The number of rotatable bonds is 5. The molecule has 0 fully saturated rings. The standard InChI is InChI=1S/C18H19N3O2S/c1-21(2)17-13(7-5-9-19-17)18(23)20-11-14(22)16-10-12-6-3-4-8-15(12)24-16/h3-10,14,22H,11H2,1-2H3,(H,20,23). The smallest absolute Gasteiger partial charge is 0.255 e. The molecule has 0 aliphatic rings. The van der Waals surface area contributed by atoms with Crippen molar-refractivity contribution in [2.75, 3.05) is 25.5 Å². The van der Waals surface area contributed by atoms with Crippen LogP contribution in [0, 0.1) is 0 Å². The molecule has 2 N–H and O–H groups in total. The van der Waals surface area contributed by atoms with Gasteiger partial charge in [0.05, 0.1) is 5.56 Å². The predicted octanol–water partition coefficient (Wildman–Crippen LogP) is 2.83. The quantitative estimate of drug-likeness (QED) is 0.749. The molecule has 2 aromatic heterocycles. The molecule has 0 saturated heterocycles. The van der Waals surface area contributed by atoms with Crippen LogP contribution in [0.1, 0.15) is 21.3 Å². The summed E-state index contributed by atoms with van der Waals surface area (Å²) >= 11 is 1.54. The van der Waals surface area contributed by atoms with Gasteiger partial charge < -0.3 is 15.3 Å². The Morgan fingerprint density at radius 1 is 1.29 bits per heavy atom. The molecule has 6 heteroatoms. The Morgan fingerprint density at radius 3 is 2.83 bits per heavy atom. The number of fused-ring (bicyclic) bond motifs is 1. The van der Waals surface area contributed by atoms with Gasteiger partial charge >= 0.3 is 0 Å². The number of carbonyl (C=O) groups is 1. The van der Waals surface area contributed by atoms with E-state index in [4.69, 9.17) is 0 Å². The summed E-state index contributed by atoms with van der Waals surface area (Å²) < 4.78 is 1.13. The van der Waals surface area contributed by atoms with Crippen molar-refractivity contribution < 1.29 is 9.90 Å². The molecular weight excluding hydrogens is 322 g/mol. The van der Waals surface area contributed by atoms with Crippen LogP contribution in [0.25, 0.3) is 10.1 Å². The van der Waals surface area contributed by atoms with Crippen molar-refractivity contribution in [1.29, 1.82) is 0 Å². The third kappa shape index (κ3) is 3.39. The zero-order chi connectivity index (χ0) is 17.1. The SMILES string of the molecule is CN(C)c1ncccc1C(=O)NCC(O)c1cc2ccccc2s1. The number of hydrogen-bond donors (Lipinski definition) is 2. The number of aliphatic hydroxyl groups is 1. The molecule has 1 aromatic carbocycles. The molecule has 5 nitrogen and oxygen atoms in total. The summed E-state index contributed by atoms with van der Waals surface area (Å²) in [6, 6.07) is 13.4. The van der Waals surface area contributed by atoms with Crippen LogP contribution in [-0.2, 0) is 0 Å². The highest BCUT2D eigenvalue weighted by atomic mass is 32.1. The third-order valence-corrected chi connectivity index (χ3v) is 4.90. The molecule has 0 spiro atoms. The van der Waals surface area contributed by atoms with Gasteiger partial charge in [0, 0.05) is 36.4 Å². The van der Waals surface area contributed by atoms with E-state index in [0.717, 1.165) is 15.0 Å². The number of benzene rings is 1. The first kappa shape index (κ1) is 16.4. The highest BCUT2D eigenvalue weighted by Gasteiger charge is 2.16. The van der Waals surface area contributed by atoms with E-state index >= 15 is 0 Å². The highest BCUT2D eigenvalue weighted by Crippen LogP contribution is 2.29. The molecule has 0 saturated carbocycles. The molecule has 1 atom stereocenters. The van der Waals surface area contributed by atoms with Gasteiger partial charge in [-0.1, -0.05) is 18.2 Å². The van der Waals surface area contributed by atoms with Crippen LogP contribution < -0.4 is 10.2 Å². The Bertz CT molecular complexity index is 827. The first-order chi connectivity index (χ1) is 11.6. The van der Waals surface area contributed by atoms with E-state index in [9.17, 15) is 9.90 Å². The van der Waals surface area contributed by atoms with Crippen molar-refractivity contribution in [3.05, 3.63) is 59.1 Å². The van der Waals surface area contributed by atoms with Crippen LogP contribution >= 0.6 is 11.3 Å². The molecule has 1 unspecified atom stereocenters. The number of hydrogen-bond acceptors (Lipinski definition) is 5. The lowest BCUT2D eigenvalue weighted by Gasteiger charge is -2.16. The van der Waals surface area contributed by atoms with E-state index in [0.29, 0.717) is 11.4 Å². The minimum absolute atomic E-state index is 0.160. The number of aromatic nitrogens is 1. The van der Waals surface area contributed by atoms with Crippen molar-refractivity contribution in [2.24, 2.45) is 0 Å². The summed E-state index contributed by atoms with van der Waals surface area (Å²) in [6.07, 6.45) is 0.920. The number of aliphatic hydroxyl groups excluding tert-OH is 1. The predicted molar refractivity (Wildman–Crippen MR) is 97.7 cm³/mol. The van der Waals surface area contributed by atoms with Gasteiger partial charge in [-0.3, -0.25) is 4.79 Å². The van der Waals surface area contributed by atoms with Crippen LogP contribution in [-0.4, -0.2) is 36.6 Å². The number of carbonyl (C=O) groups excluding carboxylic acids is 1. The summed E-state index contributed by atoms with van der Waals surface area (Å²) in [4.78, 5) is 19.2. The number of thiophene rings is 1. The van der Waals surface area contributed by atoms with Gasteiger partial charge in [0.25, 0.3) is 5.91 Å². The number of amides is 1. The Kier molecular flexibility index (Phi) is 4.78. The first-order valence-corrected chi connectivity index (χ1v) is 8.45. The Hall–Kier alpha value is -2.44. The minimum Gasteiger partial charge on any atom is -0.386 e. The van der Waals surface area contributed by atoms with Gasteiger partial charge in [-0.25, -0.2) is 4.98 Å². The van der Waals surface area contributed by atoms with Crippen molar-refractivity contribution in [3.8, 4) is 0 Å². The topological polar surface area (TPSA) is 65.5 Å². The van der Waals surface area contributed by atoms with Gasteiger partial charge in [0.1, 0.15) is 11.9 Å². The van der Waals surface area contributed by atoms with E-state index in [1.165, 1.54) is 11.3 Å². The van der Waals surface area contributed by atoms with E-state index in [-0.39, 0.29) is 12.5 Å². The number of anilines is 1. The summed E-state index contributed by atoms with van der Waals surface area (Å²) in [7, 11) is 3.68. The van der Waals surface area contributed by atoms with Gasteiger partial charge in [-0.2, -0.15) is 0 Å². The molecule has 3 rings (SSSR count). The van der Waals surface area contributed by atoms with Crippen LogP contribution in [0.2, 0.25) is 0 Å². The summed E-state index contributed by atoms with van der Waals surface area (Å²) in [5.74, 6) is 0.360. The Morgan fingerprint density at radius 2 is 2.08 bits per heavy atom. The zero-order valence-corrected chi connectivity index (χ0v) is 14.4. The van der Waals surface area contributed by atoms with Gasteiger partial charge in [0.2, 0.25) is 0 Å².